The van der Waals surface area contributed by atoms with Gasteiger partial charge in [0, 0.05) is 11.1 Å². The van der Waals surface area contributed by atoms with Gasteiger partial charge in [-0.3, -0.25) is 4.79 Å². The van der Waals surface area contributed by atoms with Crippen molar-refractivity contribution in [2.24, 2.45) is 0 Å². The van der Waals surface area contributed by atoms with E-state index >= 15 is 0 Å². The molecule has 1 heterocycles. The van der Waals surface area contributed by atoms with Gasteiger partial charge in [0.05, 0.1) is 10.7 Å². The number of aromatic amines is 1. The van der Waals surface area contributed by atoms with Gasteiger partial charge in [-0.15, -0.1) is 0 Å². The van der Waals surface area contributed by atoms with E-state index in [-0.39, 0.29) is 5.56 Å². The number of rotatable bonds is 2. The van der Waals surface area contributed by atoms with Crippen LogP contribution in [0.15, 0.2) is 59.4 Å². The summed E-state index contributed by atoms with van der Waals surface area (Å²) in [5, 5.41) is 0.556. The highest BCUT2D eigenvalue weighted by Gasteiger charge is 2.13. The monoisotopic (exact) mass is 408 g/mol. The van der Waals surface area contributed by atoms with Crippen molar-refractivity contribution in [1.82, 2.24) is 9.97 Å². The van der Waals surface area contributed by atoms with E-state index in [1.165, 1.54) is 0 Å². The van der Waals surface area contributed by atoms with Crippen LogP contribution >= 0.6 is 34.2 Å². The molecule has 0 atom stereocenters. The van der Waals surface area contributed by atoms with Gasteiger partial charge < -0.3 is 4.98 Å². The van der Waals surface area contributed by atoms with Gasteiger partial charge in [-0.05, 0) is 34.7 Å². The predicted octanol–water partition coefficient (Wildman–Crippen LogP) is 4.36. The predicted molar refractivity (Wildman–Crippen MR) is 93.5 cm³/mol. The lowest BCUT2D eigenvalue weighted by Crippen LogP contribution is -2.14. The minimum absolute atomic E-state index is 0.167. The van der Waals surface area contributed by atoms with Crippen molar-refractivity contribution in [2.75, 3.05) is 0 Å². The minimum Gasteiger partial charge on any atom is -0.306 e. The first-order valence-corrected chi connectivity index (χ1v) is 7.72. The van der Waals surface area contributed by atoms with E-state index in [9.17, 15) is 4.79 Å². The van der Waals surface area contributed by atoms with Gasteiger partial charge >= 0.3 is 0 Å². The third-order valence-corrected chi connectivity index (χ3v) is 4.37. The molecule has 0 saturated heterocycles. The second kappa shape index (κ2) is 5.99. The van der Waals surface area contributed by atoms with Gasteiger partial charge in [-0.25, -0.2) is 4.98 Å². The van der Waals surface area contributed by atoms with Crippen LogP contribution in [0.25, 0.3) is 22.6 Å². The summed E-state index contributed by atoms with van der Waals surface area (Å²) in [7, 11) is 0. The van der Waals surface area contributed by atoms with Crippen LogP contribution in [0, 0.1) is 3.57 Å². The fourth-order valence-corrected chi connectivity index (χ4v) is 2.82. The molecular formula is C16H10ClIN2O. The van der Waals surface area contributed by atoms with Gasteiger partial charge in [-0.1, -0.05) is 54.1 Å². The first-order valence-electron chi connectivity index (χ1n) is 6.27. The van der Waals surface area contributed by atoms with Crippen molar-refractivity contribution in [3.63, 3.8) is 0 Å². The lowest BCUT2D eigenvalue weighted by atomic mass is 10.1. The van der Waals surface area contributed by atoms with Crippen LogP contribution in [0.5, 0.6) is 0 Å². The molecule has 21 heavy (non-hydrogen) atoms. The van der Waals surface area contributed by atoms with Gasteiger partial charge in [0.1, 0.15) is 9.39 Å². The zero-order valence-corrected chi connectivity index (χ0v) is 13.7. The molecule has 0 fully saturated rings. The Morgan fingerprint density at radius 2 is 1.67 bits per heavy atom. The molecule has 0 amide bonds. The third-order valence-electron chi connectivity index (χ3n) is 3.04. The summed E-state index contributed by atoms with van der Waals surface area (Å²) in [6.45, 7) is 0. The Morgan fingerprint density at radius 1 is 1.00 bits per heavy atom. The molecule has 2 aromatic carbocycles. The quantitative estimate of drug-likeness (QED) is 0.640. The number of nitrogens with zero attached hydrogens (tertiary/aromatic N) is 1. The SMILES string of the molecule is O=c1[nH]c(-c2ccccc2Cl)nc(-c2ccccc2)c1I. The molecule has 3 rings (SSSR count). The van der Waals surface area contributed by atoms with Crippen LogP contribution in [0.1, 0.15) is 0 Å². The second-order valence-corrected chi connectivity index (χ2v) is 5.91. The van der Waals surface area contributed by atoms with Crippen LogP contribution in [-0.4, -0.2) is 9.97 Å². The summed E-state index contributed by atoms with van der Waals surface area (Å²) in [6, 6.07) is 16.9. The van der Waals surface area contributed by atoms with E-state index in [1.54, 1.807) is 6.07 Å². The number of hydrogen-bond acceptors (Lipinski definition) is 2. The summed E-state index contributed by atoms with van der Waals surface area (Å²) >= 11 is 8.20. The lowest BCUT2D eigenvalue weighted by Gasteiger charge is -2.08. The van der Waals surface area contributed by atoms with Crippen molar-refractivity contribution < 1.29 is 0 Å². The molecule has 0 radical (unpaired) electrons. The van der Waals surface area contributed by atoms with E-state index in [4.69, 9.17) is 11.6 Å². The van der Waals surface area contributed by atoms with E-state index in [2.05, 4.69) is 9.97 Å². The summed E-state index contributed by atoms with van der Waals surface area (Å²) in [5.74, 6) is 0.477. The molecule has 3 aromatic rings. The highest BCUT2D eigenvalue weighted by atomic mass is 127. The molecule has 0 bridgehead atoms. The number of H-pyrrole nitrogens is 1. The maximum absolute atomic E-state index is 12.2. The summed E-state index contributed by atoms with van der Waals surface area (Å²) in [4.78, 5) is 19.5. The number of aromatic nitrogens is 2. The Balaban J connectivity index is 2.24. The summed E-state index contributed by atoms with van der Waals surface area (Å²) in [5.41, 5.74) is 2.11. The van der Waals surface area contributed by atoms with Gasteiger partial charge in [-0.2, -0.15) is 0 Å². The standard InChI is InChI=1S/C16H10ClIN2O/c17-12-9-5-4-8-11(12)15-19-14(13(18)16(21)20-15)10-6-2-1-3-7-10/h1-9H,(H,19,20,21). The van der Waals surface area contributed by atoms with Crippen molar-refractivity contribution in [2.45, 2.75) is 0 Å². The highest BCUT2D eigenvalue weighted by Crippen LogP contribution is 2.27. The highest BCUT2D eigenvalue weighted by molar-refractivity contribution is 14.1. The molecule has 5 heteroatoms. The summed E-state index contributed by atoms with van der Waals surface area (Å²) in [6.07, 6.45) is 0. The Morgan fingerprint density at radius 3 is 2.38 bits per heavy atom. The van der Waals surface area contributed by atoms with E-state index < -0.39 is 0 Å². The summed E-state index contributed by atoms with van der Waals surface area (Å²) < 4.78 is 0.564. The Labute approximate surface area is 140 Å². The van der Waals surface area contributed by atoms with Crippen LogP contribution < -0.4 is 5.56 Å². The molecule has 104 valence electrons. The minimum atomic E-state index is -0.167. The molecule has 0 aliphatic carbocycles. The first kappa shape index (κ1) is 14.3. The van der Waals surface area contributed by atoms with E-state index in [0.717, 1.165) is 5.56 Å². The fourth-order valence-electron chi connectivity index (χ4n) is 2.03. The van der Waals surface area contributed by atoms with Gasteiger partial charge in [0.25, 0.3) is 5.56 Å². The third kappa shape index (κ3) is 2.87. The van der Waals surface area contributed by atoms with Gasteiger partial charge in [0.2, 0.25) is 0 Å². The molecule has 1 aromatic heterocycles. The van der Waals surface area contributed by atoms with Crippen LogP contribution in [-0.2, 0) is 0 Å². The average molecular weight is 409 g/mol. The number of hydrogen-bond donors (Lipinski definition) is 1. The second-order valence-electron chi connectivity index (χ2n) is 4.42. The zero-order valence-electron chi connectivity index (χ0n) is 10.8. The largest absolute Gasteiger partial charge is 0.306 e. The van der Waals surface area contributed by atoms with Crippen molar-refractivity contribution in [1.29, 1.82) is 0 Å². The smallest absolute Gasteiger partial charge is 0.265 e. The Kier molecular flexibility index (Phi) is 4.07. The van der Waals surface area contributed by atoms with Crippen LogP contribution in [0.2, 0.25) is 5.02 Å². The Hall–Kier alpha value is -1.66. The molecule has 0 unspecified atom stereocenters. The molecule has 0 aliphatic rings. The van der Waals surface area contributed by atoms with Crippen LogP contribution in [0.4, 0.5) is 0 Å². The van der Waals surface area contributed by atoms with Crippen molar-refractivity contribution in [3.05, 3.63) is 73.5 Å². The maximum atomic E-state index is 12.2. The molecule has 1 N–H and O–H groups in total. The molecular weight excluding hydrogens is 399 g/mol. The lowest BCUT2D eigenvalue weighted by molar-refractivity contribution is 1.11. The number of nitrogens with one attached hydrogen (secondary N) is 1. The first-order chi connectivity index (χ1) is 10.2. The van der Waals surface area contributed by atoms with Crippen LogP contribution in [0.3, 0.4) is 0 Å². The number of halogens is 2. The average Bonchev–Trinajstić information content (AvgIpc) is 2.51. The zero-order chi connectivity index (χ0) is 14.8. The topological polar surface area (TPSA) is 45.8 Å². The van der Waals surface area contributed by atoms with Gasteiger partial charge in [0.15, 0.2) is 0 Å². The van der Waals surface area contributed by atoms with Crippen molar-refractivity contribution in [3.8, 4) is 22.6 Å². The molecule has 0 aliphatic heterocycles. The van der Waals surface area contributed by atoms with E-state index in [1.807, 2.05) is 71.1 Å². The maximum Gasteiger partial charge on any atom is 0.265 e. The number of benzene rings is 2. The molecule has 0 spiro atoms. The Bertz CT molecular complexity index is 846. The van der Waals surface area contributed by atoms with E-state index in [0.29, 0.717) is 25.7 Å². The fraction of sp³-hybridized carbons (Fsp3) is 0. The van der Waals surface area contributed by atoms with Crippen molar-refractivity contribution >= 4 is 34.2 Å². The molecule has 0 saturated carbocycles. The molecule has 3 nitrogen and oxygen atoms in total. The normalized spacial score (nSPS) is 10.6.